The molecule has 24 heavy (non-hydrogen) atoms. The first-order valence-electron chi connectivity index (χ1n) is 7.52. The van der Waals surface area contributed by atoms with Gasteiger partial charge in [0.15, 0.2) is 5.82 Å². The Balaban J connectivity index is 1.93. The fraction of sp³-hybridized carbons (Fsp3) is 0.375. The van der Waals surface area contributed by atoms with E-state index in [1.165, 1.54) is 0 Å². The fourth-order valence-corrected chi connectivity index (χ4v) is 2.13. The molecule has 0 spiro atoms. The Morgan fingerprint density at radius 1 is 1.25 bits per heavy atom. The first kappa shape index (κ1) is 17.5. The maximum Gasteiger partial charge on any atom is 0.319 e. The number of carbonyl (C=O) groups excluding carboxylic acids is 1. The van der Waals surface area contributed by atoms with Crippen molar-refractivity contribution in [2.45, 2.75) is 32.2 Å². The van der Waals surface area contributed by atoms with Gasteiger partial charge in [0, 0.05) is 30.3 Å². The molecule has 2 aromatic rings. The Morgan fingerprint density at radius 2 is 1.92 bits per heavy atom. The zero-order valence-electron chi connectivity index (χ0n) is 13.9. The number of nitrogens with one attached hydrogen (secondary N) is 2. The molecule has 0 atom stereocenters. The van der Waals surface area contributed by atoms with E-state index in [0.29, 0.717) is 17.9 Å². The molecule has 3 N–H and O–H groups in total. The third-order valence-corrected chi connectivity index (χ3v) is 3.42. The minimum absolute atomic E-state index is 0.000940. The van der Waals surface area contributed by atoms with Gasteiger partial charge in [-0.3, -0.25) is 9.48 Å². The molecule has 0 aliphatic carbocycles. The summed E-state index contributed by atoms with van der Waals surface area (Å²) in [4.78, 5) is 26.8. The summed E-state index contributed by atoms with van der Waals surface area (Å²) in [5.74, 6) is -0.271. The average molecular weight is 331 g/mol. The van der Waals surface area contributed by atoms with Crippen LogP contribution in [0, 0.1) is 0 Å². The highest BCUT2D eigenvalue weighted by Crippen LogP contribution is 2.18. The lowest BCUT2D eigenvalue weighted by Gasteiger charge is -2.25. The van der Waals surface area contributed by atoms with Crippen molar-refractivity contribution in [2.24, 2.45) is 7.05 Å². The Hall–Kier alpha value is -2.90. The summed E-state index contributed by atoms with van der Waals surface area (Å²) in [6, 6.07) is 6.78. The molecule has 8 nitrogen and oxygen atoms in total. The second kappa shape index (κ2) is 7.12. The highest BCUT2D eigenvalue weighted by molar-refractivity contribution is 5.90. The molecule has 1 heterocycles. The molecule has 0 unspecified atom stereocenters. The smallest absolute Gasteiger partial charge is 0.319 e. The van der Waals surface area contributed by atoms with Gasteiger partial charge in [-0.2, -0.15) is 5.10 Å². The van der Waals surface area contributed by atoms with Crippen LogP contribution in [0.15, 0.2) is 30.6 Å². The summed E-state index contributed by atoms with van der Waals surface area (Å²) in [5.41, 5.74) is 0.866. The Bertz CT molecular complexity index is 722. The van der Waals surface area contributed by atoms with Crippen molar-refractivity contribution in [3.63, 3.8) is 0 Å². The van der Waals surface area contributed by atoms with Crippen LogP contribution in [0.2, 0.25) is 0 Å². The summed E-state index contributed by atoms with van der Waals surface area (Å²) in [6.45, 7) is 3.57. The van der Waals surface area contributed by atoms with Crippen molar-refractivity contribution in [3.05, 3.63) is 30.6 Å². The van der Waals surface area contributed by atoms with Crippen LogP contribution in [0.4, 0.5) is 10.5 Å². The molecule has 0 saturated carbocycles. The molecule has 1 aromatic carbocycles. The maximum atomic E-state index is 12.0. The van der Waals surface area contributed by atoms with Gasteiger partial charge in [-0.05, 0) is 44.5 Å². The molecule has 128 valence electrons. The minimum Gasteiger partial charge on any atom is -0.481 e. The second-order valence-electron chi connectivity index (χ2n) is 6.18. The number of urea groups is 1. The predicted octanol–water partition coefficient (Wildman–Crippen LogP) is 2.25. The summed E-state index contributed by atoms with van der Waals surface area (Å²) in [6.07, 6.45) is 1.97. The predicted molar refractivity (Wildman–Crippen MR) is 89.5 cm³/mol. The van der Waals surface area contributed by atoms with Crippen LogP contribution in [0.5, 0.6) is 0 Å². The highest BCUT2D eigenvalue weighted by Gasteiger charge is 2.21. The van der Waals surface area contributed by atoms with E-state index in [1.807, 2.05) is 12.1 Å². The van der Waals surface area contributed by atoms with Crippen LogP contribution >= 0.6 is 0 Å². The van der Waals surface area contributed by atoms with Gasteiger partial charge in [0.2, 0.25) is 0 Å². The number of carboxylic acid groups (broad SMARTS) is 1. The number of amides is 2. The molecular weight excluding hydrogens is 310 g/mol. The Morgan fingerprint density at radius 3 is 2.46 bits per heavy atom. The van der Waals surface area contributed by atoms with Crippen molar-refractivity contribution in [3.8, 4) is 11.4 Å². The summed E-state index contributed by atoms with van der Waals surface area (Å²) >= 11 is 0. The fourth-order valence-electron chi connectivity index (χ4n) is 2.13. The topological polar surface area (TPSA) is 109 Å². The summed E-state index contributed by atoms with van der Waals surface area (Å²) in [7, 11) is 1.79. The molecule has 2 rings (SSSR count). The van der Waals surface area contributed by atoms with E-state index < -0.39 is 11.5 Å². The number of aliphatic carboxylic acids is 1. The van der Waals surface area contributed by atoms with E-state index in [-0.39, 0.29) is 12.5 Å². The van der Waals surface area contributed by atoms with Gasteiger partial charge in [-0.15, -0.1) is 0 Å². The van der Waals surface area contributed by atoms with Crippen molar-refractivity contribution in [1.82, 2.24) is 20.1 Å². The van der Waals surface area contributed by atoms with Crippen LogP contribution in [0.25, 0.3) is 11.4 Å². The molecule has 0 aliphatic rings. The van der Waals surface area contributed by atoms with Crippen LogP contribution in [-0.4, -0.2) is 37.4 Å². The van der Waals surface area contributed by atoms with E-state index >= 15 is 0 Å². The van der Waals surface area contributed by atoms with Gasteiger partial charge in [0.25, 0.3) is 0 Å². The number of rotatable bonds is 6. The molecule has 0 radical (unpaired) electrons. The first-order valence-corrected chi connectivity index (χ1v) is 7.52. The molecular formula is C16H21N5O3. The lowest BCUT2D eigenvalue weighted by molar-refractivity contribution is -0.137. The van der Waals surface area contributed by atoms with Crippen LogP contribution < -0.4 is 10.6 Å². The monoisotopic (exact) mass is 331 g/mol. The quantitative estimate of drug-likeness (QED) is 0.752. The third kappa shape index (κ3) is 5.08. The van der Waals surface area contributed by atoms with Gasteiger partial charge >= 0.3 is 12.0 Å². The summed E-state index contributed by atoms with van der Waals surface area (Å²) < 4.78 is 1.62. The van der Waals surface area contributed by atoms with Crippen molar-refractivity contribution >= 4 is 17.7 Å². The Labute approximate surface area is 139 Å². The zero-order chi connectivity index (χ0) is 17.7. The molecule has 0 aliphatic heterocycles. The van der Waals surface area contributed by atoms with E-state index in [0.717, 1.165) is 5.56 Å². The van der Waals surface area contributed by atoms with Crippen LogP contribution in [0.1, 0.15) is 26.7 Å². The Kier molecular flexibility index (Phi) is 5.18. The number of hydrogen-bond donors (Lipinski definition) is 3. The number of carboxylic acids is 1. The van der Waals surface area contributed by atoms with E-state index in [9.17, 15) is 9.59 Å². The van der Waals surface area contributed by atoms with E-state index in [1.54, 1.807) is 44.0 Å². The van der Waals surface area contributed by atoms with E-state index in [4.69, 9.17) is 5.11 Å². The zero-order valence-corrected chi connectivity index (χ0v) is 13.9. The van der Waals surface area contributed by atoms with Crippen molar-refractivity contribution in [1.29, 1.82) is 0 Å². The molecule has 0 saturated heterocycles. The first-order chi connectivity index (χ1) is 11.2. The maximum absolute atomic E-state index is 12.0. The lowest BCUT2D eigenvalue weighted by atomic mass is 9.99. The SMILES string of the molecule is Cn1cnc(-c2ccc(NC(=O)NC(C)(C)CCC(=O)O)cc2)n1. The molecule has 2 amide bonds. The van der Waals surface area contributed by atoms with Gasteiger partial charge in [0.1, 0.15) is 6.33 Å². The van der Waals surface area contributed by atoms with Gasteiger partial charge in [0.05, 0.1) is 0 Å². The van der Waals surface area contributed by atoms with Crippen LogP contribution in [0.3, 0.4) is 0 Å². The largest absolute Gasteiger partial charge is 0.481 e. The lowest BCUT2D eigenvalue weighted by Crippen LogP contribution is -2.45. The number of hydrogen-bond acceptors (Lipinski definition) is 4. The molecule has 1 aromatic heterocycles. The normalized spacial score (nSPS) is 11.1. The molecule has 8 heteroatoms. The van der Waals surface area contributed by atoms with Gasteiger partial charge in [-0.25, -0.2) is 9.78 Å². The second-order valence-corrected chi connectivity index (χ2v) is 6.18. The molecule has 0 fully saturated rings. The van der Waals surface area contributed by atoms with Crippen LogP contribution in [-0.2, 0) is 11.8 Å². The third-order valence-electron chi connectivity index (χ3n) is 3.42. The highest BCUT2D eigenvalue weighted by atomic mass is 16.4. The minimum atomic E-state index is -0.885. The molecule has 0 bridgehead atoms. The number of benzene rings is 1. The van der Waals surface area contributed by atoms with Crippen molar-refractivity contribution < 1.29 is 14.7 Å². The standard InChI is InChI=1S/C16H21N5O3/c1-16(2,9-8-13(22)23)19-15(24)18-12-6-4-11(5-7-12)14-17-10-21(3)20-14/h4-7,10H,8-9H2,1-3H3,(H,22,23)(H2,18,19,24). The van der Waals surface area contributed by atoms with E-state index in [2.05, 4.69) is 20.7 Å². The summed E-state index contributed by atoms with van der Waals surface area (Å²) in [5, 5.41) is 18.4. The van der Waals surface area contributed by atoms with Gasteiger partial charge in [-0.1, -0.05) is 0 Å². The average Bonchev–Trinajstić information content (AvgIpc) is 2.92. The number of aromatic nitrogens is 3. The number of carbonyl (C=O) groups is 2. The van der Waals surface area contributed by atoms with Crippen molar-refractivity contribution in [2.75, 3.05) is 5.32 Å². The van der Waals surface area contributed by atoms with Gasteiger partial charge < -0.3 is 15.7 Å². The number of nitrogens with zero attached hydrogens (tertiary/aromatic N) is 3. The number of aryl methyl sites for hydroxylation is 1. The number of anilines is 1.